The molecule has 0 radical (unpaired) electrons. The molecule has 106 valence electrons. The molecular weight excluding hydrogens is 256 g/mol. The fourth-order valence-corrected chi connectivity index (χ4v) is 2.62. The molecule has 1 fully saturated rings. The zero-order valence-corrected chi connectivity index (χ0v) is 11.4. The van der Waals surface area contributed by atoms with Gasteiger partial charge in [-0.15, -0.1) is 0 Å². The summed E-state index contributed by atoms with van der Waals surface area (Å²) in [7, 11) is 1.72. The molecule has 7 heteroatoms. The van der Waals surface area contributed by atoms with Gasteiger partial charge in [-0.2, -0.15) is 10.1 Å². The predicted octanol–water partition coefficient (Wildman–Crippen LogP) is 0.860. The second-order valence-electron chi connectivity index (χ2n) is 4.84. The summed E-state index contributed by atoms with van der Waals surface area (Å²) in [5.74, 6) is 0.965. The normalized spacial score (nSPS) is 18.6. The van der Waals surface area contributed by atoms with E-state index in [1.165, 1.54) is 0 Å². The number of rotatable bonds is 4. The fraction of sp³-hybridized carbons (Fsp3) is 0.462. The summed E-state index contributed by atoms with van der Waals surface area (Å²) >= 11 is 0. The van der Waals surface area contributed by atoms with Gasteiger partial charge < -0.3 is 15.4 Å². The standard InChI is InChI=1S/C13H18N6O/c1-20-9-10-4-2-6-18(10)11-8-15-13(17-12(11)14)19-7-3-5-16-19/h3,5,7-8,10H,2,4,6,9H2,1H3,(H2,14,15,17)/t10-/m1/s1. The van der Waals surface area contributed by atoms with Gasteiger partial charge in [0.25, 0.3) is 5.95 Å². The van der Waals surface area contributed by atoms with Crippen LogP contribution in [0.3, 0.4) is 0 Å². The zero-order valence-electron chi connectivity index (χ0n) is 11.4. The maximum atomic E-state index is 6.09. The van der Waals surface area contributed by atoms with Gasteiger partial charge in [0.05, 0.1) is 24.5 Å². The average molecular weight is 274 g/mol. The lowest BCUT2D eigenvalue weighted by Crippen LogP contribution is -2.33. The lowest BCUT2D eigenvalue weighted by Gasteiger charge is -2.26. The van der Waals surface area contributed by atoms with Crippen LogP contribution in [0.1, 0.15) is 12.8 Å². The SMILES string of the molecule is COC[C@H]1CCCN1c1cnc(-n2cccn2)nc1N. The first-order chi connectivity index (χ1) is 9.79. The minimum Gasteiger partial charge on any atom is -0.383 e. The van der Waals surface area contributed by atoms with E-state index in [0.717, 1.165) is 25.1 Å². The second-order valence-corrected chi connectivity index (χ2v) is 4.84. The first kappa shape index (κ1) is 12.9. The van der Waals surface area contributed by atoms with Gasteiger partial charge in [0, 0.05) is 26.0 Å². The van der Waals surface area contributed by atoms with Crippen LogP contribution in [-0.2, 0) is 4.74 Å². The molecule has 1 aliphatic rings. The van der Waals surface area contributed by atoms with Crippen molar-refractivity contribution in [2.45, 2.75) is 18.9 Å². The molecule has 0 saturated carbocycles. The Hall–Kier alpha value is -2.15. The third-order valence-corrected chi connectivity index (χ3v) is 3.54. The molecule has 0 aliphatic carbocycles. The van der Waals surface area contributed by atoms with Crippen LogP contribution in [0.5, 0.6) is 0 Å². The molecular formula is C13H18N6O. The van der Waals surface area contributed by atoms with E-state index < -0.39 is 0 Å². The number of methoxy groups -OCH3 is 1. The Bertz CT molecular complexity index is 570. The molecule has 0 amide bonds. The Morgan fingerprint density at radius 2 is 2.40 bits per heavy atom. The fourth-order valence-electron chi connectivity index (χ4n) is 2.62. The predicted molar refractivity (Wildman–Crippen MR) is 75.8 cm³/mol. The van der Waals surface area contributed by atoms with Crippen LogP contribution in [0, 0.1) is 0 Å². The Balaban J connectivity index is 1.87. The van der Waals surface area contributed by atoms with Gasteiger partial charge >= 0.3 is 0 Å². The molecule has 20 heavy (non-hydrogen) atoms. The van der Waals surface area contributed by atoms with Gasteiger partial charge in [-0.05, 0) is 18.9 Å². The number of anilines is 2. The van der Waals surface area contributed by atoms with Gasteiger partial charge in [-0.25, -0.2) is 9.67 Å². The summed E-state index contributed by atoms with van der Waals surface area (Å²) in [5, 5.41) is 4.10. The van der Waals surface area contributed by atoms with Crippen molar-refractivity contribution < 1.29 is 4.74 Å². The average Bonchev–Trinajstić information content (AvgIpc) is 3.10. The van der Waals surface area contributed by atoms with Crippen LogP contribution in [0.25, 0.3) is 5.95 Å². The van der Waals surface area contributed by atoms with Gasteiger partial charge in [0.1, 0.15) is 0 Å². The van der Waals surface area contributed by atoms with Crippen molar-refractivity contribution in [3.63, 3.8) is 0 Å². The minimum absolute atomic E-state index is 0.349. The Labute approximate surface area is 117 Å². The van der Waals surface area contributed by atoms with Gasteiger partial charge in [0.15, 0.2) is 5.82 Å². The van der Waals surface area contributed by atoms with Crippen molar-refractivity contribution in [1.29, 1.82) is 0 Å². The molecule has 0 spiro atoms. The summed E-state index contributed by atoms with van der Waals surface area (Å²) in [4.78, 5) is 10.9. The lowest BCUT2D eigenvalue weighted by molar-refractivity contribution is 0.181. The van der Waals surface area contributed by atoms with E-state index in [9.17, 15) is 0 Å². The first-order valence-corrected chi connectivity index (χ1v) is 6.67. The molecule has 1 atom stereocenters. The molecule has 2 N–H and O–H groups in total. The van der Waals surface area contributed by atoms with Gasteiger partial charge in [-0.1, -0.05) is 0 Å². The molecule has 0 aromatic carbocycles. The van der Waals surface area contributed by atoms with Crippen LogP contribution in [0.15, 0.2) is 24.7 Å². The highest BCUT2D eigenvalue weighted by Crippen LogP contribution is 2.29. The van der Waals surface area contributed by atoms with Crippen LogP contribution in [-0.4, -0.2) is 46.1 Å². The monoisotopic (exact) mass is 274 g/mol. The van der Waals surface area contributed by atoms with E-state index in [0.29, 0.717) is 24.4 Å². The van der Waals surface area contributed by atoms with E-state index in [1.807, 2.05) is 6.07 Å². The zero-order chi connectivity index (χ0) is 13.9. The number of hydrogen-bond acceptors (Lipinski definition) is 6. The molecule has 1 saturated heterocycles. The Morgan fingerprint density at radius 3 is 3.10 bits per heavy atom. The molecule has 2 aromatic heterocycles. The van der Waals surface area contributed by atoms with Crippen LogP contribution in [0.4, 0.5) is 11.5 Å². The number of hydrogen-bond donors (Lipinski definition) is 1. The quantitative estimate of drug-likeness (QED) is 0.890. The highest BCUT2D eigenvalue weighted by Gasteiger charge is 2.26. The Morgan fingerprint density at radius 1 is 1.50 bits per heavy atom. The van der Waals surface area contributed by atoms with Crippen molar-refractivity contribution in [2.75, 3.05) is 30.9 Å². The van der Waals surface area contributed by atoms with Crippen molar-refractivity contribution in [2.24, 2.45) is 0 Å². The molecule has 2 aromatic rings. The first-order valence-electron chi connectivity index (χ1n) is 6.67. The molecule has 0 bridgehead atoms. The maximum Gasteiger partial charge on any atom is 0.252 e. The van der Waals surface area contributed by atoms with E-state index in [2.05, 4.69) is 20.0 Å². The van der Waals surface area contributed by atoms with E-state index in [4.69, 9.17) is 10.5 Å². The Kier molecular flexibility index (Phi) is 3.51. The van der Waals surface area contributed by atoms with Crippen LogP contribution >= 0.6 is 0 Å². The van der Waals surface area contributed by atoms with Crippen LogP contribution in [0.2, 0.25) is 0 Å². The van der Waals surface area contributed by atoms with Crippen molar-refractivity contribution in [3.8, 4) is 5.95 Å². The lowest BCUT2D eigenvalue weighted by atomic mass is 10.2. The highest BCUT2D eigenvalue weighted by atomic mass is 16.5. The topological polar surface area (TPSA) is 82.1 Å². The third kappa shape index (κ3) is 2.32. The maximum absolute atomic E-state index is 6.09. The minimum atomic E-state index is 0.349. The number of aromatic nitrogens is 4. The molecule has 3 rings (SSSR count). The summed E-state index contributed by atoms with van der Waals surface area (Å²) in [6.45, 7) is 1.66. The second kappa shape index (κ2) is 5.46. The summed E-state index contributed by atoms with van der Waals surface area (Å²) in [5.41, 5.74) is 6.97. The van der Waals surface area contributed by atoms with E-state index in [-0.39, 0.29) is 0 Å². The van der Waals surface area contributed by atoms with Gasteiger partial charge in [0.2, 0.25) is 0 Å². The molecule has 0 unspecified atom stereocenters. The van der Waals surface area contributed by atoms with Crippen LogP contribution < -0.4 is 10.6 Å². The molecule has 7 nitrogen and oxygen atoms in total. The molecule has 1 aliphatic heterocycles. The summed E-state index contributed by atoms with van der Waals surface area (Å²) < 4.78 is 6.86. The number of nitrogens with zero attached hydrogens (tertiary/aromatic N) is 5. The summed E-state index contributed by atoms with van der Waals surface area (Å²) in [6.07, 6.45) is 7.48. The third-order valence-electron chi connectivity index (χ3n) is 3.54. The van der Waals surface area contributed by atoms with Crippen molar-refractivity contribution >= 4 is 11.5 Å². The largest absolute Gasteiger partial charge is 0.383 e. The van der Waals surface area contributed by atoms with Gasteiger partial charge in [-0.3, -0.25) is 0 Å². The van der Waals surface area contributed by atoms with E-state index >= 15 is 0 Å². The van der Waals surface area contributed by atoms with E-state index in [1.54, 1.807) is 30.4 Å². The highest BCUT2D eigenvalue weighted by molar-refractivity contribution is 5.64. The number of nitrogen functional groups attached to an aromatic ring is 1. The summed E-state index contributed by atoms with van der Waals surface area (Å²) in [6, 6.07) is 2.17. The van der Waals surface area contributed by atoms with Crippen molar-refractivity contribution in [1.82, 2.24) is 19.7 Å². The number of nitrogens with two attached hydrogens (primary N) is 1. The van der Waals surface area contributed by atoms with Crippen molar-refractivity contribution in [3.05, 3.63) is 24.7 Å². The smallest absolute Gasteiger partial charge is 0.252 e. The number of ether oxygens (including phenoxy) is 1. The molecule has 3 heterocycles.